The second-order valence-corrected chi connectivity index (χ2v) is 6.27. The summed E-state index contributed by atoms with van der Waals surface area (Å²) in [5.41, 5.74) is 3.60. The molecule has 0 saturated carbocycles. The Labute approximate surface area is 157 Å². The van der Waals surface area contributed by atoms with Gasteiger partial charge in [0.25, 0.3) is 0 Å². The number of nitrogens with zero attached hydrogens (tertiary/aromatic N) is 1. The minimum Gasteiger partial charge on any atom is -0.468 e. The summed E-state index contributed by atoms with van der Waals surface area (Å²) in [5, 5.41) is 10.5. The molecule has 0 aliphatic heterocycles. The molecule has 3 aromatic rings. The van der Waals surface area contributed by atoms with Gasteiger partial charge in [-0.05, 0) is 48.7 Å². The molecule has 6 heteroatoms. The molecule has 5 nitrogen and oxygen atoms in total. The number of hydrogen-bond acceptors (Lipinski definition) is 4. The van der Waals surface area contributed by atoms with E-state index >= 15 is 0 Å². The summed E-state index contributed by atoms with van der Waals surface area (Å²) in [7, 11) is 1.39. The summed E-state index contributed by atoms with van der Waals surface area (Å²) >= 11 is 0. The first-order chi connectivity index (χ1) is 13.2. The third kappa shape index (κ3) is 5.24. The number of methoxy groups -OCH3 is 1. The van der Waals surface area contributed by atoms with Crippen LogP contribution in [0.4, 0.5) is 4.39 Å². The normalized spacial score (nSPS) is 11.9. The number of halogens is 1. The van der Waals surface area contributed by atoms with Gasteiger partial charge >= 0.3 is 5.97 Å². The third-order valence-electron chi connectivity index (χ3n) is 4.35. The second kappa shape index (κ2) is 9.09. The summed E-state index contributed by atoms with van der Waals surface area (Å²) in [6.45, 7) is 0.588. The Bertz CT molecular complexity index is 863. The van der Waals surface area contributed by atoms with Crippen molar-refractivity contribution in [2.75, 3.05) is 7.11 Å². The molecule has 1 heterocycles. The van der Waals surface area contributed by atoms with Crippen molar-refractivity contribution in [2.45, 2.75) is 25.4 Å². The van der Waals surface area contributed by atoms with Crippen LogP contribution in [0, 0.1) is 5.82 Å². The predicted molar refractivity (Wildman–Crippen MR) is 101 cm³/mol. The van der Waals surface area contributed by atoms with E-state index in [0.717, 1.165) is 22.5 Å². The quantitative estimate of drug-likeness (QED) is 0.598. The second-order valence-electron chi connectivity index (χ2n) is 6.27. The van der Waals surface area contributed by atoms with E-state index in [1.165, 1.54) is 19.2 Å². The lowest BCUT2D eigenvalue weighted by molar-refractivity contribution is -0.143. The zero-order chi connectivity index (χ0) is 19.1. The fourth-order valence-electron chi connectivity index (χ4n) is 2.84. The number of aromatic nitrogens is 2. The van der Waals surface area contributed by atoms with E-state index in [4.69, 9.17) is 4.74 Å². The molecule has 0 saturated heterocycles. The van der Waals surface area contributed by atoms with E-state index in [1.807, 2.05) is 36.4 Å². The Morgan fingerprint density at radius 3 is 2.63 bits per heavy atom. The Balaban J connectivity index is 1.60. The fourth-order valence-corrected chi connectivity index (χ4v) is 2.84. The van der Waals surface area contributed by atoms with Crippen LogP contribution in [0.1, 0.15) is 17.7 Å². The number of aryl methyl sites for hydroxylation is 1. The van der Waals surface area contributed by atoms with Gasteiger partial charge in [0, 0.05) is 17.8 Å². The van der Waals surface area contributed by atoms with Crippen molar-refractivity contribution < 1.29 is 13.9 Å². The zero-order valence-corrected chi connectivity index (χ0v) is 15.1. The van der Waals surface area contributed by atoms with Gasteiger partial charge in [0.2, 0.25) is 0 Å². The van der Waals surface area contributed by atoms with Crippen LogP contribution in [0.3, 0.4) is 0 Å². The fraction of sp³-hybridized carbons (Fsp3) is 0.238. The molecule has 27 heavy (non-hydrogen) atoms. The molecule has 0 amide bonds. The molecule has 2 aromatic carbocycles. The van der Waals surface area contributed by atoms with Gasteiger partial charge in [-0.2, -0.15) is 5.10 Å². The van der Waals surface area contributed by atoms with Crippen molar-refractivity contribution >= 4 is 5.97 Å². The number of ether oxygens (including phenoxy) is 1. The van der Waals surface area contributed by atoms with Crippen molar-refractivity contribution in [3.63, 3.8) is 0 Å². The van der Waals surface area contributed by atoms with E-state index < -0.39 is 6.04 Å². The minimum atomic E-state index is -0.409. The Hall–Kier alpha value is -2.99. The maximum atomic E-state index is 13.0. The van der Waals surface area contributed by atoms with Crippen LogP contribution in [0.15, 0.2) is 60.7 Å². The number of nitrogens with one attached hydrogen (secondary N) is 2. The van der Waals surface area contributed by atoms with Gasteiger partial charge < -0.3 is 10.1 Å². The topological polar surface area (TPSA) is 67.0 Å². The Kier molecular flexibility index (Phi) is 6.33. The molecule has 3 rings (SSSR count). The van der Waals surface area contributed by atoms with Gasteiger partial charge in [-0.25, -0.2) is 4.39 Å². The standard InChI is InChI=1S/C21H22FN3O2/c1-27-21(26)19(23-14-15-5-3-2-4-6-15)12-11-18-13-20(25-24-18)16-7-9-17(22)10-8-16/h2-10,13,19,23H,11-12,14H2,1H3,(H,24,25)/t19-/m1/s1. The van der Waals surface area contributed by atoms with Gasteiger partial charge in [0.1, 0.15) is 11.9 Å². The van der Waals surface area contributed by atoms with Gasteiger partial charge in [0.05, 0.1) is 12.8 Å². The average molecular weight is 367 g/mol. The van der Waals surface area contributed by atoms with E-state index in [-0.39, 0.29) is 11.8 Å². The highest BCUT2D eigenvalue weighted by molar-refractivity contribution is 5.75. The average Bonchev–Trinajstić information content (AvgIpc) is 3.18. The van der Waals surface area contributed by atoms with Crippen molar-refractivity contribution in [1.29, 1.82) is 0 Å². The summed E-state index contributed by atoms with van der Waals surface area (Å²) in [6.07, 6.45) is 1.21. The van der Waals surface area contributed by atoms with Crippen LogP contribution in [-0.2, 0) is 22.5 Å². The molecular weight excluding hydrogens is 345 g/mol. The summed E-state index contributed by atoms with van der Waals surface area (Å²) in [5.74, 6) is -0.566. The van der Waals surface area contributed by atoms with Crippen molar-refractivity contribution in [2.24, 2.45) is 0 Å². The third-order valence-corrected chi connectivity index (χ3v) is 4.35. The zero-order valence-electron chi connectivity index (χ0n) is 15.1. The van der Waals surface area contributed by atoms with Gasteiger partial charge in [-0.15, -0.1) is 0 Å². The van der Waals surface area contributed by atoms with Crippen molar-refractivity contribution in [3.8, 4) is 11.3 Å². The summed E-state index contributed by atoms with van der Waals surface area (Å²) in [4.78, 5) is 12.1. The number of carbonyl (C=O) groups is 1. The van der Waals surface area contributed by atoms with Gasteiger partial charge in [0.15, 0.2) is 0 Å². The lowest BCUT2D eigenvalue weighted by Gasteiger charge is -2.16. The van der Waals surface area contributed by atoms with Crippen LogP contribution < -0.4 is 5.32 Å². The monoisotopic (exact) mass is 367 g/mol. The van der Waals surface area contributed by atoms with E-state index in [0.29, 0.717) is 19.4 Å². The van der Waals surface area contributed by atoms with Crippen molar-refractivity contribution in [1.82, 2.24) is 15.5 Å². The largest absolute Gasteiger partial charge is 0.468 e. The highest BCUT2D eigenvalue weighted by atomic mass is 19.1. The summed E-state index contributed by atoms with van der Waals surface area (Å²) < 4.78 is 18.0. The molecule has 0 spiro atoms. The van der Waals surface area contributed by atoms with Crippen LogP contribution in [-0.4, -0.2) is 29.3 Å². The molecule has 140 valence electrons. The Morgan fingerprint density at radius 2 is 1.93 bits per heavy atom. The lowest BCUT2D eigenvalue weighted by Crippen LogP contribution is -2.37. The smallest absolute Gasteiger partial charge is 0.322 e. The highest BCUT2D eigenvalue weighted by Crippen LogP contribution is 2.19. The van der Waals surface area contributed by atoms with Crippen LogP contribution in [0.2, 0.25) is 0 Å². The number of esters is 1. The predicted octanol–water partition coefficient (Wildman–Crippen LogP) is 3.48. The minimum absolute atomic E-state index is 0.278. The highest BCUT2D eigenvalue weighted by Gasteiger charge is 2.19. The number of carbonyl (C=O) groups excluding carboxylic acids is 1. The first kappa shape index (κ1) is 18.8. The molecule has 0 radical (unpaired) electrons. The van der Waals surface area contributed by atoms with E-state index in [2.05, 4.69) is 15.5 Å². The van der Waals surface area contributed by atoms with Gasteiger partial charge in [-0.1, -0.05) is 30.3 Å². The molecular formula is C21H22FN3O2. The van der Waals surface area contributed by atoms with Crippen LogP contribution in [0.5, 0.6) is 0 Å². The van der Waals surface area contributed by atoms with E-state index in [9.17, 15) is 9.18 Å². The SMILES string of the molecule is COC(=O)[C@@H](CCc1cc(-c2ccc(F)cc2)n[nH]1)NCc1ccccc1. The number of hydrogen-bond donors (Lipinski definition) is 2. The molecule has 2 N–H and O–H groups in total. The van der Waals surface area contributed by atoms with E-state index in [1.54, 1.807) is 12.1 Å². The molecule has 1 atom stereocenters. The number of aromatic amines is 1. The number of benzene rings is 2. The molecule has 0 aliphatic rings. The molecule has 1 aromatic heterocycles. The number of rotatable bonds is 8. The molecule has 0 aliphatic carbocycles. The molecule has 0 unspecified atom stereocenters. The van der Waals surface area contributed by atoms with Crippen LogP contribution in [0.25, 0.3) is 11.3 Å². The summed E-state index contributed by atoms with van der Waals surface area (Å²) in [6, 6.07) is 17.6. The first-order valence-electron chi connectivity index (χ1n) is 8.81. The maximum Gasteiger partial charge on any atom is 0.322 e. The number of H-pyrrole nitrogens is 1. The molecule has 0 fully saturated rings. The van der Waals surface area contributed by atoms with Crippen LogP contribution >= 0.6 is 0 Å². The maximum absolute atomic E-state index is 13.0. The van der Waals surface area contributed by atoms with Gasteiger partial charge in [-0.3, -0.25) is 9.89 Å². The first-order valence-corrected chi connectivity index (χ1v) is 8.81. The molecule has 0 bridgehead atoms. The Morgan fingerprint density at radius 1 is 1.19 bits per heavy atom. The lowest BCUT2D eigenvalue weighted by atomic mass is 10.1. The van der Waals surface area contributed by atoms with Crippen molar-refractivity contribution in [3.05, 3.63) is 77.7 Å².